The molecule has 4 atom stereocenters. The van der Waals surface area contributed by atoms with Crippen LogP contribution in [0.15, 0.2) is 133 Å². The molecular weight excluding hydrogens is 576 g/mol. The Labute approximate surface area is 268 Å². The van der Waals surface area contributed by atoms with Crippen LogP contribution in [0.2, 0.25) is 0 Å². The predicted octanol–water partition coefficient (Wildman–Crippen LogP) is 5.46. The number of nitrogens with zero attached hydrogens (tertiary/aromatic N) is 3. The van der Waals surface area contributed by atoms with E-state index < -0.39 is 11.7 Å². The molecule has 3 N–H and O–H groups in total. The average Bonchev–Trinajstić information content (AvgIpc) is 3.73. The Kier molecular flexibility index (Phi) is 8.43. The molecule has 2 aliphatic heterocycles. The molecule has 9 heteroatoms. The number of aliphatic imine (C=N–C) groups is 1. The third-order valence-electron chi connectivity index (χ3n) is 8.71. The van der Waals surface area contributed by atoms with Crippen LogP contribution in [0.4, 0.5) is 5.82 Å². The van der Waals surface area contributed by atoms with Gasteiger partial charge in [0.15, 0.2) is 5.82 Å². The lowest BCUT2D eigenvalue weighted by Gasteiger charge is -2.40. The number of methoxy groups -OCH3 is 1. The fraction of sp³-hybridized carbons (Fsp3) is 0.216. The van der Waals surface area contributed by atoms with Crippen molar-refractivity contribution in [2.75, 3.05) is 13.7 Å². The summed E-state index contributed by atoms with van der Waals surface area (Å²) in [6, 6.07) is 40.6. The van der Waals surface area contributed by atoms with Crippen LogP contribution in [0.25, 0.3) is 0 Å². The highest BCUT2D eigenvalue weighted by Gasteiger charge is 2.45. The van der Waals surface area contributed by atoms with Gasteiger partial charge in [0.1, 0.15) is 18.1 Å². The number of fused-ring (bicyclic) bond motifs is 1. The Hall–Kier alpha value is -5.09. The molecule has 1 saturated heterocycles. The van der Waals surface area contributed by atoms with Crippen LogP contribution in [-0.2, 0) is 15.0 Å². The van der Waals surface area contributed by atoms with Crippen molar-refractivity contribution in [2.45, 2.75) is 36.5 Å². The second-order valence-corrected chi connectivity index (χ2v) is 11.5. The van der Waals surface area contributed by atoms with Gasteiger partial charge in [0, 0.05) is 25.1 Å². The number of amides is 1. The van der Waals surface area contributed by atoms with Crippen LogP contribution in [0, 0.1) is 0 Å². The van der Waals surface area contributed by atoms with E-state index >= 15 is 0 Å². The molecule has 5 aromatic rings. The van der Waals surface area contributed by atoms with E-state index in [1.807, 2.05) is 41.0 Å². The third-order valence-corrected chi connectivity index (χ3v) is 8.71. The van der Waals surface area contributed by atoms with Crippen molar-refractivity contribution in [3.8, 4) is 0 Å². The summed E-state index contributed by atoms with van der Waals surface area (Å²) in [6.07, 6.45) is 2.81. The zero-order valence-electron chi connectivity index (χ0n) is 25.5. The van der Waals surface area contributed by atoms with Crippen molar-refractivity contribution >= 4 is 18.1 Å². The highest BCUT2D eigenvalue weighted by Crippen LogP contribution is 2.41. The number of imidazole rings is 1. The fourth-order valence-corrected chi connectivity index (χ4v) is 6.55. The van der Waals surface area contributed by atoms with E-state index in [0.717, 1.165) is 16.7 Å². The van der Waals surface area contributed by atoms with Gasteiger partial charge in [0.25, 0.3) is 5.91 Å². The van der Waals surface area contributed by atoms with E-state index in [0.29, 0.717) is 30.1 Å². The minimum atomic E-state index is -0.665. The number of hydrogen-bond donors (Lipinski definition) is 3. The summed E-state index contributed by atoms with van der Waals surface area (Å²) < 4.78 is 14.4. The number of carbonyl (C=O) groups excluding carboxylic acids is 1. The number of hydrogen-bond acceptors (Lipinski definition) is 7. The van der Waals surface area contributed by atoms with Crippen LogP contribution in [0.5, 0.6) is 0 Å². The molecule has 3 heterocycles. The molecular formula is C37H36N6O3. The van der Waals surface area contributed by atoms with Crippen LogP contribution in [0.1, 0.15) is 51.6 Å². The molecule has 0 saturated carbocycles. The highest BCUT2D eigenvalue weighted by molar-refractivity contribution is 5.94. The zero-order valence-corrected chi connectivity index (χ0v) is 25.5. The summed E-state index contributed by atoms with van der Waals surface area (Å²) in [5, 5.41) is 10.3. The van der Waals surface area contributed by atoms with Gasteiger partial charge >= 0.3 is 0 Å². The van der Waals surface area contributed by atoms with Crippen molar-refractivity contribution in [2.24, 2.45) is 4.99 Å². The maximum Gasteiger partial charge on any atom is 0.253 e. The second kappa shape index (κ2) is 13.1. The van der Waals surface area contributed by atoms with Crippen molar-refractivity contribution < 1.29 is 14.3 Å². The van der Waals surface area contributed by atoms with Gasteiger partial charge in [0.2, 0.25) is 0 Å². The molecule has 0 spiro atoms. The molecule has 1 aromatic heterocycles. The van der Waals surface area contributed by atoms with Crippen LogP contribution in [-0.4, -0.2) is 47.7 Å². The van der Waals surface area contributed by atoms with Gasteiger partial charge in [-0.2, -0.15) is 0 Å². The Bertz CT molecular complexity index is 1680. The molecule has 4 aromatic carbocycles. The zero-order chi connectivity index (χ0) is 31.3. The van der Waals surface area contributed by atoms with Gasteiger partial charge in [-0.05, 0) is 28.8 Å². The molecule has 9 nitrogen and oxygen atoms in total. The highest BCUT2D eigenvalue weighted by atomic mass is 16.5. The largest absolute Gasteiger partial charge is 0.382 e. The Morgan fingerprint density at radius 1 is 0.891 bits per heavy atom. The normalized spacial score (nSPS) is 20.5. The summed E-state index contributed by atoms with van der Waals surface area (Å²) in [5.41, 5.74) is 3.91. The second-order valence-electron chi connectivity index (χ2n) is 11.5. The van der Waals surface area contributed by atoms with Gasteiger partial charge in [-0.1, -0.05) is 109 Å². The van der Waals surface area contributed by atoms with E-state index in [-0.39, 0.29) is 24.3 Å². The van der Waals surface area contributed by atoms with Crippen molar-refractivity contribution in [3.05, 3.63) is 156 Å². The summed E-state index contributed by atoms with van der Waals surface area (Å²) in [6.45, 7) is 0.403. The molecule has 7 rings (SSSR count). The first-order chi connectivity index (χ1) is 22.7. The molecule has 4 unspecified atom stereocenters. The molecule has 0 radical (unpaired) electrons. The summed E-state index contributed by atoms with van der Waals surface area (Å²) in [7, 11) is 1.70. The Morgan fingerprint density at radius 2 is 1.46 bits per heavy atom. The Morgan fingerprint density at radius 3 is 2.02 bits per heavy atom. The van der Waals surface area contributed by atoms with Crippen LogP contribution in [0.3, 0.4) is 0 Å². The minimum absolute atomic E-state index is 0.108. The summed E-state index contributed by atoms with van der Waals surface area (Å²) >= 11 is 0. The molecule has 1 amide bonds. The monoisotopic (exact) mass is 612 g/mol. The number of ether oxygens (including phenoxy) is 2. The van der Waals surface area contributed by atoms with E-state index in [4.69, 9.17) is 9.47 Å². The van der Waals surface area contributed by atoms with E-state index in [1.165, 1.54) is 0 Å². The molecule has 232 valence electrons. The number of carbonyl (C=O) groups is 1. The maximum absolute atomic E-state index is 13.0. The number of benzene rings is 4. The van der Waals surface area contributed by atoms with Crippen molar-refractivity contribution in [3.63, 3.8) is 0 Å². The first-order valence-electron chi connectivity index (χ1n) is 15.5. The van der Waals surface area contributed by atoms with Crippen molar-refractivity contribution in [1.82, 2.24) is 25.5 Å². The molecule has 1 fully saturated rings. The first-order valence-corrected chi connectivity index (χ1v) is 15.5. The minimum Gasteiger partial charge on any atom is -0.382 e. The molecule has 0 bridgehead atoms. The summed E-state index contributed by atoms with van der Waals surface area (Å²) in [5.74, 6) is 0.439. The maximum atomic E-state index is 13.0. The number of aromatic nitrogens is 2. The fourth-order valence-electron chi connectivity index (χ4n) is 6.55. The predicted molar refractivity (Wildman–Crippen MR) is 177 cm³/mol. The van der Waals surface area contributed by atoms with E-state index in [2.05, 4.69) is 98.7 Å². The number of nitrogens with one attached hydrogen (secondary N) is 3. The van der Waals surface area contributed by atoms with Crippen molar-refractivity contribution in [1.29, 1.82) is 0 Å². The Balaban J connectivity index is 1.22. The number of rotatable bonds is 10. The lowest BCUT2D eigenvalue weighted by Crippen LogP contribution is -2.53. The standard InChI is InChI=1S/C37H36N6O3/c1-45-23-31-30(42-37(27-16-8-3-9-17-27,28-18-10-4-11-19-28)29-20-12-5-13-21-29)22-32(46-31)43-25-40-33-34(38-24-39-35(33)43)41-36(44)26-14-6-2-7-15-26/h2-21,24-25,30-32,34,42H,22-23H2,1H3,(H,38,39)(H,41,44). The SMILES string of the molecule is COCC1OC(n2cnc3c2N=CNC3NC(=O)c2ccccc2)CC1NC(c1ccccc1)(c1ccccc1)c1ccccc1. The van der Waals surface area contributed by atoms with Gasteiger partial charge in [-0.3, -0.25) is 14.7 Å². The van der Waals surface area contributed by atoms with Gasteiger partial charge in [-0.15, -0.1) is 0 Å². The van der Waals surface area contributed by atoms with Gasteiger partial charge < -0.3 is 20.1 Å². The lowest BCUT2D eigenvalue weighted by atomic mass is 9.76. The lowest BCUT2D eigenvalue weighted by molar-refractivity contribution is -0.0366. The van der Waals surface area contributed by atoms with Crippen LogP contribution < -0.4 is 16.0 Å². The topological polar surface area (TPSA) is 102 Å². The molecule has 46 heavy (non-hydrogen) atoms. The smallest absolute Gasteiger partial charge is 0.253 e. The summed E-state index contributed by atoms with van der Waals surface area (Å²) in [4.78, 5) is 22.3. The average molecular weight is 613 g/mol. The third kappa shape index (κ3) is 5.60. The van der Waals surface area contributed by atoms with E-state index in [1.54, 1.807) is 31.9 Å². The van der Waals surface area contributed by atoms with Gasteiger partial charge in [-0.25, -0.2) is 9.98 Å². The van der Waals surface area contributed by atoms with Crippen LogP contribution >= 0.6 is 0 Å². The van der Waals surface area contributed by atoms with E-state index in [9.17, 15) is 4.79 Å². The quantitative estimate of drug-likeness (QED) is 0.181. The van der Waals surface area contributed by atoms with Gasteiger partial charge in [0.05, 0.1) is 30.9 Å². The molecule has 2 aliphatic rings. The first kappa shape index (κ1) is 29.6. The molecule has 0 aliphatic carbocycles.